The average molecular weight is 494 g/mol. The van der Waals surface area contributed by atoms with Gasteiger partial charge in [0.25, 0.3) is 0 Å². The van der Waals surface area contributed by atoms with Crippen LogP contribution in [0.3, 0.4) is 0 Å². The van der Waals surface area contributed by atoms with Crippen molar-refractivity contribution in [2.75, 3.05) is 13.1 Å². The summed E-state index contributed by atoms with van der Waals surface area (Å²) in [5.41, 5.74) is 1.73. The van der Waals surface area contributed by atoms with Crippen LogP contribution in [-0.2, 0) is 19.9 Å². The maximum atomic E-state index is 13.1. The molecule has 0 aromatic heterocycles. The third-order valence-electron chi connectivity index (χ3n) is 5.63. The lowest BCUT2D eigenvalue weighted by Gasteiger charge is -2.31. The molecule has 1 aliphatic heterocycles. The highest BCUT2D eigenvalue weighted by atomic mass is 35.5. The van der Waals surface area contributed by atoms with Crippen molar-refractivity contribution in [1.29, 1.82) is 0 Å². The summed E-state index contributed by atoms with van der Waals surface area (Å²) in [5.74, 6) is -0.508. The van der Waals surface area contributed by atoms with Gasteiger partial charge in [0.2, 0.25) is 10.0 Å². The van der Waals surface area contributed by atoms with Gasteiger partial charge in [0.15, 0.2) is 9.84 Å². The smallest absolute Gasteiger partial charge is 0.223 e. The molecule has 1 fully saturated rings. The number of piperidine rings is 1. The summed E-state index contributed by atoms with van der Waals surface area (Å²) < 4.78 is 66.2. The zero-order valence-electron chi connectivity index (χ0n) is 17.0. The van der Waals surface area contributed by atoms with Gasteiger partial charge in [-0.2, -0.15) is 4.31 Å². The Bertz CT molecular complexity index is 1320. The summed E-state index contributed by atoms with van der Waals surface area (Å²) in [6.45, 7) is 0.201. The van der Waals surface area contributed by atoms with E-state index in [9.17, 15) is 21.2 Å². The molecule has 3 aromatic carbocycles. The zero-order chi connectivity index (χ0) is 22.9. The fraction of sp³-hybridized carbons (Fsp3) is 0.217. The van der Waals surface area contributed by atoms with Crippen LogP contribution in [0.15, 0.2) is 82.6 Å². The fourth-order valence-electron chi connectivity index (χ4n) is 3.84. The molecule has 9 heteroatoms. The van der Waals surface area contributed by atoms with Crippen LogP contribution >= 0.6 is 11.6 Å². The molecule has 5 nitrogen and oxygen atoms in total. The molecule has 168 valence electrons. The van der Waals surface area contributed by atoms with Crippen LogP contribution in [-0.4, -0.2) is 39.5 Å². The fourth-order valence-corrected chi connectivity index (χ4v) is 7.23. The van der Waals surface area contributed by atoms with Gasteiger partial charge in [-0.15, -0.1) is 0 Å². The van der Waals surface area contributed by atoms with Crippen molar-refractivity contribution >= 4 is 31.5 Å². The Balaban J connectivity index is 1.47. The van der Waals surface area contributed by atoms with Crippen molar-refractivity contribution in [1.82, 2.24) is 4.31 Å². The van der Waals surface area contributed by atoms with E-state index in [-0.39, 0.29) is 35.7 Å². The number of sulfone groups is 1. The second kappa shape index (κ2) is 8.94. The van der Waals surface area contributed by atoms with Gasteiger partial charge in [-0.05, 0) is 72.5 Å². The predicted octanol–water partition coefficient (Wildman–Crippen LogP) is 4.77. The van der Waals surface area contributed by atoms with E-state index in [1.165, 1.54) is 16.4 Å². The average Bonchev–Trinajstić information content (AvgIpc) is 2.79. The van der Waals surface area contributed by atoms with Crippen molar-refractivity contribution in [3.8, 4) is 11.1 Å². The van der Waals surface area contributed by atoms with E-state index in [2.05, 4.69) is 0 Å². The molecule has 1 heterocycles. The number of benzene rings is 3. The summed E-state index contributed by atoms with van der Waals surface area (Å²) in [6.07, 6.45) is 0.360. The quantitative estimate of drug-likeness (QED) is 0.480. The van der Waals surface area contributed by atoms with Gasteiger partial charge in [-0.25, -0.2) is 21.2 Å². The van der Waals surface area contributed by atoms with E-state index in [0.29, 0.717) is 5.02 Å². The molecule has 3 aromatic rings. The van der Waals surface area contributed by atoms with Gasteiger partial charge in [0.1, 0.15) is 5.82 Å². The lowest BCUT2D eigenvalue weighted by atomic mass is 10.1. The standard InChI is InChI=1S/C23H21ClFNO4S2/c24-19-3-1-2-18(16-19)17-4-8-23(9-5-17)32(29,30)26-14-12-22(13-15-26)31(27,28)21-10-6-20(25)7-11-21/h1-11,16,22H,12-15H2. The number of halogens is 2. The normalized spacial score (nSPS) is 16.2. The SMILES string of the molecule is O=S(=O)(c1ccc(F)cc1)C1CCN(S(=O)(=O)c2ccc(-c3cccc(Cl)c3)cc2)CC1. The van der Waals surface area contributed by atoms with Crippen LogP contribution in [0.2, 0.25) is 5.02 Å². The molecule has 1 aliphatic rings. The summed E-state index contributed by atoms with van der Waals surface area (Å²) in [6, 6.07) is 18.5. The van der Waals surface area contributed by atoms with E-state index in [0.717, 1.165) is 23.3 Å². The van der Waals surface area contributed by atoms with Crippen molar-refractivity contribution < 1.29 is 21.2 Å². The molecule has 0 bridgehead atoms. The maximum absolute atomic E-state index is 13.1. The molecule has 0 N–H and O–H groups in total. The van der Waals surface area contributed by atoms with Crippen molar-refractivity contribution in [2.24, 2.45) is 0 Å². The zero-order valence-corrected chi connectivity index (χ0v) is 19.4. The van der Waals surface area contributed by atoms with Crippen LogP contribution in [0.4, 0.5) is 4.39 Å². The molecule has 0 amide bonds. The minimum absolute atomic E-state index is 0.0526. The van der Waals surface area contributed by atoms with Crippen molar-refractivity contribution in [2.45, 2.75) is 27.9 Å². The molecule has 0 unspecified atom stereocenters. The Labute approximate surface area is 192 Å². The first-order chi connectivity index (χ1) is 15.2. The van der Waals surface area contributed by atoms with E-state index in [1.807, 2.05) is 12.1 Å². The Hall–Kier alpha value is -2.26. The third kappa shape index (κ3) is 4.59. The molecule has 0 saturated carbocycles. The first-order valence-electron chi connectivity index (χ1n) is 10.0. The number of rotatable bonds is 5. The Morgan fingerprint density at radius 1 is 0.781 bits per heavy atom. The summed E-state index contributed by atoms with van der Waals surface area (Å²) >= 11 is 6.03. The highest BCUT2D eigenvalue weighted by Crippen LogP contribution is 2.29. The van der Waals surface area contributed by atoms with Gasteiger partial charge in [0.05, 0.1) is 15.0 Å². The van der Waals surface area contributed by atoms with Crippen LogP contribution < -0.4 is 0 Å². The van der Waals surface area contributed by atoms with Gasteiger partial charge in [-0.3, -0.25) is 0 Å². The van der Waals surface area contributed by atoms with Crippen LogP contribution in [0, 0.1) is 5.82 Å². The van der Waals surface area contributed by atoms with E-state index >= 15 is 0 Å². The lowest BCUT2D eigenvalue weighted by molar-refractivity contribution is 0.345. The first kappa shape index (κ1) is 22.9. The molecule has 1 saturated heterocycles. The summed E-state index contributed by atoms with van der Waals surface area (Å²) in [5, 5.41) is -0.109. The molecule has 0 atom stereocenters. The van der Waals surface area contributed by atoms with Gasteiger partial charge in [0, 0.05) is 18.1 Å². The van der Waals surface area contributed by atoms with E-state index in [1.54, 1.807) is 36.4 Å². The molecule has 0 spiro atoms. The third-order valence-corrected chi connectivity index (χ3v) is 10.1. The van der Waals surface area contributed by atoms with Crippen LogP contribution in [0.25, 0.3) is 11.1 Å². The van der Waals surface area contributed by atoms with Crippen molar-refractivity contribution in [3.05, 3.63) is 83.6 Å². The Morgan fingerprint density at radius 2 is 1.38 bits per heavy atom. The highest BCUT2D eigenvalue weighted by molar-refractivity contribution is 7.92. The summed E-state index contributed by atoms with van der Waals surface area (Å²) in [7, 11) is -7.40. The van der Waals surface area contributed by atoms with E-state index < -0.39 is 30.9 Å². The van der Waals surface area contributed by atoms with E-state index in [4.69, 9.17) is 11.6 Å². The Kier molecular flexibility index (Phi) is 6.40. The number of sulfonamides is 1. The monoisotopic (exact) mass is 493 g/mol. The topological polar surface area (TPSA) is 71.5 Å². The largest absolute Gasteiger partial charge is 0.243 e. The van der Waals surface area contributed by atoms with Crippen molar-refractivity contribution in [3.63, 3.8) is 0 Å². The number of hydrogen-bond acceptors (Lipinski definition) is 4. The molecule has 4 rings (SSSR count). The minimum atomic E-state index is -3.75. The van der Waals surface area contributed by atoms with Crippen LogP contribution in [0.5, 0.6) is 0 Å². The molecule has 0 radical (unpaired) electrons. The summed E-state index contributed by atoms with van der Waals surface area (Å²) in [4.78, 5) is 0.208. The predicted molar refractivity (Wildman–Crippen MR) is 122 cm³/mol. The maximum Gasteiger partial charge on any atom is 0.243 e. The molecular formula is C23H21ClFNO4S2. The number of hydrogen-bond donors (Lipinski definition) is 0. The number of nitrogens with zero attached hydrogens (tertiary/aromatic N) is 1. The lowest BCUT2D eigenvalue weighted by Crippen LogP contribution is -2.42. The van der Waals surface area contributed by atoms with Gasteiger partial charge in [-0.1, -0.05) is 35.9 Å². The second-order valence-electron chi connectivity index (χ2n) is 7.64. The second-order valence-corrected chi connectivity index (χ2v) is 12.2. The first-order valence-corrected chi connectivity index (χ1v) is 13.4. The van der Waals surface area contributed by atoms with Crippen LogP contribution in [0.1, 0.15) is 12.8 Å². The molecular weight excluding hydrogens is 473 g/mol. The molecule has 0 aliphatic carbocycles. The minimum Gasteiger partial charge on any atom is -0.223 e. The molecule has 32 heavy (non-hydrogen) atoms. The highest BCUT2D eigenvalue weighted by Gasteiger charge is 2.35. The van der Waals surface area contributed by atoms with Gasteiger partial charge >= 0.3 is 0 Å². The van der Waals surface area contributed by atoms with Gasteiger partial charge < -0.3 is 0 Å². The Morgan fingerprint density at radius 3 is 1.97 bits per heavy atom.